The molecule has 0 radical (unpaired) electrons. The minimum Gasteiger partial charge on any atom is -0.482 e. The molecule has 0 N–H and O–H groups in total. The molecule has 1 aromatic heterocycles. The van der Waals surface area contributed by atoms with Gasteiger partial charge < -0.3 is 14.5 Å². The molecule has 1 aromatic carbocycles. The van der Waals surface area contributed by atoms with Crippen LogP contribution in [-0.2, 0) is 17.6 Å². The van der Waals surface area contributed by atoms with Gasteiger partial charge in [-0.15, -0.1) is 5.10 Å². The van der Waals surface area contributed by atoms with Crippen molar-refractivity contribution in [2.24, 2.45) is 0 Å². The van der Waals surface area contributed by atoms with Gasteiger partial charge in [0.25, 0.3) is 5.91 Å². The summed E-state index contributed by atoms with van der Waals surface area (Å²) in [5, 5.41) is 9.23. The highest BCUT2D eigenvalue weighted by Gasteiger charge is 2.24. The number of halogens is 1. The maximum atomic E-state index is 12.4. The fourth-order valence-electron chi connectivity index (χ4n) is 3.45. The number of para-hydroxylation sites is 1. The Bertz CT molecular complexity index is 806. The Kier molecular flexibility index (Phi) is 4.93. The molecule has 2 aliphatic rings. The van der Waals surface area contributed by atoms with Crippen LogP contribution in [0.1, 0.15) is 17.7 Å². The first-order chi connectivity index (χ1) is 12.7. The lowest BCUT2D eigenvalue weighted by Crippen LogP contribution is -2.50. The number of aryl methyl sites for hydroxylation is 2. The van der Waals surface area contributed by atoms with Crippen molar-refractivity contribution < 1.29 is 9.53 Å². The van der Waals surface area contributed by atoms with E-state index in [1.165, 1.54) is 12.0 Å². The lowest BCUT2D eigenvalue weighted by Gasteiger charge is -2.35. The summed E-state index contributed by atoms with van der Waals surface area (Å²) in [5.41, 5.74) is 2.46. The average Bonchev–Trinajstić information content (AvgIpc) is 3.15. The molecule has 7 heteroatoms. The van der Waals surface area contributed by atoms with E-state index in [2.05, 4.69) is 21.2 Å². The number of fused-ring (bicyclic) bond motifs is 1. The summed E-state index contributed by atoms with van der Waals surface area (Å²) in [4.78, 5) is 16.4. The first-order valence-electron chi connectivity index (χ1n) is 8.96. The number of hydrogen-bond acceptors (Lipinski definition) is 5. The fourth-order valence-corrected chi connectivity index (χ4v) is 3.64. The number of carbonyl (C=O) groups excluding carboxylic acids is 1. The van der Waals surface area contributed by atoms with Crippen LogP contribution in [-0.4, -0.2) is 53.8 Å². The summed E-state index contributed by atoms with van der Waals surface area (Å²) >= 11 is 6.05. The molecule has 0 unspecified atom stereocenters. The summed E-state index contributed by atoms with van der Waals surface area (Å²) < 4.78 is 5.55. The van der Waals surface area contributed by atoms with Crippen molar-refractivity contribution >= 4 is 23.3 Å². The van der Waals surface area contributed by atoms with E-state index in [0.717, 1.165) is 37.4 Å². The molecule has 1 aliphatic heterocycles. The molecule has 0 bridgehead atoms. The SMILES string of the molecule is O=C(COc1ccccc1Cl)N1CCN(c2cc3c(nn2)CCC3)CC1. The lowest BCUT2D eigenvalue weighted by atomic mass is 10.2. The largest absolute Gasteiger partial charge is 0.482 e. The number of carbonyl (C=O) groups is 1. The molecule has 4 rings (SSSR count). The molecule has 2 aromatic rings. The number of hydrogen-bond donors (Lipinski definition) is 0. The number of amides is 1. The highest BCUT2D eigenvalue weighted by atomic mass is 35.5. The van der Waals surface area contributed by atoms with Gasteiger partial charge in [-0.05, 0) is 43.0 Å². The maximum Gasteiger partial charge on any atom is 0.260 e. The molecule has 0 saturated carbocycles. The average molecular weight is 373 g/mol. The molecule has 26 heavy (non-hydrogen) atoms. The third kappa shape index (κ3) is 3.60. The van der Waals surface area contributed by atoms with Crippen LogP contribution in [0.15, 0.2) is 30.3 Å². The van der Waals surface area contributed by atoms with E-state index in [-0.39, 0.29) is 12.5 Å². The molecule has 136 valence electrons. The number of benzene rings is 1. The van der Waals surface area contributed by atoms with Gasteiger partial charge in [0.2, 0.25) is 0 Å². The van der Waals surface area contributed by atoms with Crippen molar-refractivity contribution in [1.82, 2.24) is 15.1 Å². The van der Waals surface area contributed by atoms with Gasteiger partial charge in [0, 0.05) is 26.2 Å². The second-order valence-electron chi connectivity index (χ2n) is 6.61. The van der Waals surface area contributed by atoms with Crippen LogP contribution in [0.25, 0.3) is 0 Å². The van der Waals surface area contributed by atoms with Crippen LogP contribution in [0.3, 0.4) is 0 Å². The topological polar surface area (TPSA) is 58.6 Å². The number of aromatic nitrogens is 2. The van der Waals surface area contributed by atoms with Crippen LogP contribution in [0, 0.1) is 0 Å². The Morgan fingerprint density at radius 2 is 1.92 bits per heavy atom. The molecular formula is C19H21ClN4O2. The molecule has 1 amide bonds. The Hall–Kier alpha value is -2.34. The highest BCUT2D eigenvalue weighted by molar-refractivity contribution is 6.32. The van der Waals surface area contributed by atoms with Crippen molar-refractivity contribution in [3.8, 4) is 5.75 Å². The molecule has 0 atom stereocenters. The van der Waals surface area contributed by atoms with Gasteiger partial charge in [0.15, 0.2) is 12.4 Å². The quantitative estimate of drug-likeness (QED) is 0.824. The molecule has 1 aliphatic carbocycles. The molecule has 1 saturated heterocycles. The summed E-state index contributed by atoms with van der Waals surface area (Å²) in [7, 11) is 0. The van der Waals surface area contributed by atoms with Crippen molar-refractivity contribution in [3.63, 3.8) is 0 Å². The van der Waals surface area contributed by atoms with Crippen molar-refractivity contribution in [2.75, 3.05) is 37.7 Å². The van der Waals surface area contributed by atoms with Crippen LogP contribution >= 0.6 is 11.6 Å². The van der Waals surface area contributed by atoms with E-state index in [1.807, 2.05) is 17.0 Å². The van der Waals surface area contributed by atoms with Gasteiger partial charge in [0.05, 0.1) is 10.7 Å². The van der Waals surface area contributed by atoms with E-state index in [4.69, 9.17) is 16.3 Å². The highest BCUT2D eigenvalue weighted by Crippen LogP contribution is 2.24. The third-order valence-electron chi connectivity index (χ3n) is 4.95. The van der Waals surface area contributed by atoms with Crippen molar-refractivity contribution in [3.05, 3.63) is 46.6 Å². The molecular weight excluding hydrogens is 352 g/mol. The predicted octanol–water partition coefficient (Wildman–Crippen LogP) is 2.35. The predicted molar refractivity (Wildman–Crippen MR) is 99.8 cm³/mol. The van der Waals surface area contributed by atoms with E-state index in [1.54, 1.807) is 12.1 Å². The van der Waals surface area contributed by atoms with E-state index in [0.29, 0.717) is 23.9 Å². The molecule has 1 fully saturated rings. The Labute approximate surface area is 157 Å². The van der Waals surface area contributed by atoms with Crippen molar-refractivity contribution in [2.45, 2.75) is 19.3 Å². The van der Waals surface area contributed by atoms with Gasteiger partial charge >= 0.3 is 0 Å². The van der Waals surface area contributed by atoms with Crippen LogP contribution in [0.5, 0.6) is 5.75 Å². The zero-order valence-corrected chi connectivity index (χ0v) is 15.3. The standard InChI is InChI=1S/C19H21ClN4O2/c20-15-5-1-2-7-17(15)26-13-19(25)24-10-8-23(9-11-24)18-12-14-4-3-6-16(14)21-22-18/h1-2,5,7,12H,3-4,6,8-11,13H2. The summed E-state index contributed by atoms with van der Waals surface area (Å²) in [6.07, 6.45) is 3.30. The second kappa shape index (κ2) is 7.50. The first kappa shape index (κ1) is 17.1. The van der Waals surface area contributed by atoms with E-state index >= 15 is 0 Å². The number of piperazine rings is 1. The zero-order chi connectivity index (χ0) is 17.9. The number of nitrogens with zero attached hydrogens (tertiary/aromatic N) is 4. The molecule has 6 nitrogen and oxygen atoms in total. The minimum atomic E-state index is -0.0235. The van der Waals surface area contributed by atoms with Gasteiger partial charge in [-0.25, -0.2) is 0 Å². The van der Waals surface area contributed by atoms with Crippen molar-refractivity contribution in [1.29, 1.82) is 0 Å². The Morgan fingerprint density at radius 1 is 1.12 bits per heavy atom. The number of ether oxygens (including phenoxy) is 1. The van der Waals surface area contributed by atoms with Crippen LogP contribution < -0.4 is 9.64 Å². The Morgan fingerprint density at radius 3 is 2.73 bits per heavy atom. The van der Waals surface area contributed by atoms with Gasteiger partial charge in [0.1, 0.15) is 5.75 Å². The van der Waals surface area contributed by atoms with Gasteiger partial charge in [-0.3, -0.25) is 4.79 Å². The normalized spacial score (nSPS) is 16.5. The van der Waals surface area contributed by atoms with E-state index < -0.39 is 0 Å². The monoisotopic (exact) mass is 372 g/mol. The third-order valence-corrected chi connectivity index (χ3v) is 5.26. The van der Waals surface area contributed by atoms with Gasteiger partial charge in [-0.1, -0.05) is 23.7 Å². The number of anilines is 1. The summed E-state index contributed by atoms with van der Waals surface area (Å²) in [6, 6.07) is 9.34. The smallest absolute Gasteiger partial charge is 0.260 e. The molecule has 0 spiro atoms. The lowest BCUT2D eigenvalue weighted by molar-refractivity contribution is -0.133. The second-order valence-corrected chi connectivity index (χ2v) is 7.02. The first-order valence-corrected chi connectivity index (χ1v) is 9.34. The summed E-state index contributed by atoms with van der Waals surface area (Å²) in [5.74, 6) is 1.43. The minimum absolute atomic E-state index is 0.00237. The van der Waals surface area contributed by atoms with Gasteiger partial charge in [-0.2, -0.15) is 5.10 Å². The summed E-state index contributed by atoms with van der Waals surface area (Å²) in [6.45, 7) is 2.83. The fraction of sp³-hybridized carbons (Fsp3) is 0.421. The Balaban J connectivity index is 1.30. The van der Waals surface area contributed by atoms with Crippen LogP contribution in [0.2, 0.25) is 5.02 Å². The van der Waals surface area contributed by atoms with Crippen LogP contribution in [0.4, 0.5) is 5.82 Å². The number of rotatable bonds is 4. The zero-order valence-electron chi connectivity index (χ0n) is 14.5. The maximum absolute atomic E-state index is 12.4. The van der Waals surface area contributed by atoms with E-state index in [9.17, 15) is 4.79 Å². The molecule has 2 heterocycles.